The molecule has 1 saturated heterocycles. The fourth-order valence-electron chi connectivity index (χ4n) is 5.28. The number of piperidine rings is 1. The number of hydrogen-bond acceptors (Lipinski definition) is 3. The molecule has 0 N–H and O–H groups in total. The van der Waals surface area contributed by atoms with Crippen LogP contribution in [0.15, 0.2) is 42.5 Å². The second-order valence-corrected chi connectivity index (χ2v) is 10.4. The molecule has 1 heterocycles. The number of likely N-dealkylation sites (tertiary alicyclic amines) is 1. The average Bonchev–Trinajstić information content (AvgIpc) is 2.91. The predicted octanol–water partition coefficient (Wildman–Crippen LogP) is 8.15. The molecule has 0 unspecified atom stereocenters. The molecule has 1 fully saturated rings. The van der Waals surface area contributed by atoms with E-state index in [0.29, 0.717) is 39.0 Å². The van der Waals surface area contributed by atoms with E-state index in [1.807, 2.05) is 42.2 Å². The average molecular weight is 498 g/mol. The van der Waals surface area contributed by atoms with E-state index in [9.17, 15) is 9.59 Å². The summed E-state index contributed by atoms with van der Waals surface area (Å²) in [4.78, 5) is 27.6. The molecule has 1 aromatic carbocycles. The van der Waals surface area contributed by atoms with E-state index < -0.39 is 5.41 Å². The van der Waals surface area contributed by atoms with Gasteiger partial charge in [0.05, 0.1) is 12.0 Å². The largest absolute Gasteiger partial charge is 0.465 e. The number of esters is 1. The Labute approximate surface area is 220 Å². The molecule has 1 amide bonds. The Bertz CT molecular complexity index is 750. The van der Waals surface area contributed by atoms with Crippen LogP contribution in [0.4, 0.5) is 0 Å². The van der Waals surface area contributed by atoms with Gasteiger partial charge in [-0.3, -0.25) is 9.59 Å². The number of carbonyl (C=O) groups is 2. The van der Waals surface area contributed by atoms with Crippen molar-refractivity contribution in [1.29, 1.82) is 0 Å². The molecule has 1 aliphatic heterocycles. The lowest BCUT2D eigenvalue weighted by atomic mass is 9.72. The van der Waals surface area contributed by atoms with Crippen LogP contribution in [0, 0.1) is 0 Å². The molecule has 0 bridgehead atoms. The Morgan fingerprint density at radius 1 is 0.806 bits per heavy atom. The minimum Gasteiger partial charge on any atom is -0.465 e. The lowest BCUT2D eigenvalue weighted by Crippen LogP contribution is -2.49. The molecule has 0 saturated carbocycles. The maximum atomic E-state index is 12.9. The van der Waals surface area contributed by atoms with Gasteiger partial charge in [-0.05, 0) is 57.4 Å². The lowest BCUT2D eigenvalue weighted by molar-refractivity contribution is -0.154. The van der Waals surface area contributed by atoms with Crippen molar-refractivity contribution in [3.63, 3.8) is 0 Å². The minimum atomic E-state index is -0.628. The number of carbonyl (C=O) groups excluding carboxylic acids is 2. The van der Waals surface area contributed by atoms with Gasteiger partial charge in [0.2, 0.25) is 5.91 Å². The van der Waals surface area contributed by atoms with Gasteiger partial charge >= 0.3 is 5.97 Å². The molecule has 0 radical (unpaired) electrons. The summed E-state index contributed by atoms with van der Waals surface area (Å²) in [6, 6.07) is 9.94. The fraction of sp³-hybridized carbons (Fsp3) is 0.688. The van der Waals surface area contributed by atoms with Crippen molar-refractivity contribution in [3.8, 4) is 0 Å². The summed E-state index contributed by atoms with van der Waals surface area (Å²) in [6.45, 7) is 5.74. The Kier molecular flexibility index (Phi) is 15.2. The van der Waals surface area contributed by atoms with Crippen LogP contribution in [0.3, 0.4) is 0 Å². The van der Waals surface area contributed by atoms with Gasteiger partial charge in [-0.25, -0.2) is 0 Å². The zero-order chi connectivity index (χ0) is 25.9. The van der Waals surface area contributed by atoms with E-state index in [1.165, 1.54) is 70.6 Å². The van der Waals surface area contributed by atoms with Crippen LogP contribution in [-0.2, 0) is 19.7 Å². The van der Waals surface area contributed by atoms with E-state index in [4.69, 9.17) is 4.74 Å². The Morgan fingerprint density at radius 2 is 1.36 bits per heavy atom. The predicted molar refractivity (Wildman–Crippen MR) is 150 cm³/mol. The van der Waals surface area contributed by atoms with Crippen molar-refractivity contribution < 1.29 is 14.3 Å². The first-order valence-electron chi connectivity index (χ1n) is 14.8. The number of allylic oxidation sites excluding steroid dienone is 2. The fourth-order valence-corrected chi connectivity index (χ4v) is 5.28. The van der Waals surface area contributed by atoms with Gasteiger partial charge < -0.3 is 9.64 Å². The smallest absolute Gasteiger partial charge is 0.316 e. The first-order chi connectivity index (χ1) is 17.6. The van der Waals surface area contributed by atoms with Gasteiger partial charge in [-0.2, -0.15) is 0 Å². The van der Waals surface area contributed by atoms with Crippen LogP contribution >= 0.6 is 0 Å². The summed E-state index contributed by atoms with van der Waals surface area (Å²) < 4.78 is 5.45. The van der Waals surface area contributed by atoms with Crippen LogP contribution in [0.5, 0.6) is 0 Å². The Hall–Kier alpha value is -2.10. The third kappa shape index (κ3) is 10.5. The third-order valence-corrected chi connectivity index (χ3v) is 7.61. The summed E-state index contributed by atoms with van der Waals surface area (Å²) in [6.07, 6.45) is 23.0. The van der Waals surface area contributed by atoms with Crippen molar-refractivity contribution in [2.75, 3.05) is 19.7 Å². The van der Waals surface area contributed by atoms with Gasteiger partial charge in [0.1, 0.15) is 0 Å². The number of amides is 1. The Balaban J connectivity index is 1.56. The molecule has 0 aromatic heterocycles. The molecule has 0 atom stereocenters. The number of nitrogens with zero attached hydrogens (tertiary/aromatic N) is 1. The van der Waals surface area contributed by atoms with Crippen LogP contribution in [0.25, 0.3) is 0 Å². The second-order valence-electron chi connectivity index (χ2n) is 10.4. The molecular formula is C32H51NO3. The highest BCUT2D eigenvalue weighted by molar-refractivity contribution is 5.84. The van der Waals surface area contributed by atoms with E-state index in [-0.39, 0.29) is 11.9 Å². The lowest BCUT2D eigenvalue weighted by Gasteiger charge is -2.40. The van der Waals surface area contributed by atoms with Crippen molar-refractivity contribution in [2.45, 2.75) is 122 Å². The summed E-state index contributed by atoms with van der Waals surface area (Å²) in [5.74, 6) is 0.0821. The SMILES string of the molecule is CCCCCCCCC=CCCCCCCCC(=O)N1CCC(C(=O)OCC)(c2ccccc2)CC1. The number of rotatable bonds is 18. The van der Waals surface area contributed by atoms with E-state index in [1.54, 1.807) is 0 Å². The zero-order valence-corrected chi connectivity index (χ0v) is 23.1. The van der Waals surface area contributed by atoms with Gasteiger partial charge in [-0.15, -0.1) is 0 Å². The van der Waals surface area contributed by atoms with Gasteiger partial charge in [0.15, 0.2) is 0 Å². The minimum absolute atomic E-state index is 0.152. The van der Waals surface area contributed by atoms with Crippen LogP contribution in [0.2, 0.25) is 0 Å². The van der Waals surface area contributed by atoms with Gasteiger partial charge in [0, 0.05) is 19.5 Å². The van der Waals surface area contributed by atoms with Crippen LogP contribution in [0.1, 0.15) is 122 Å². The first kappa shape index (κ1) is 30.1. The van der Waals surface area contributed by atoms with E-state index >= 15 is 0 Å². The molecule has 4 heteroatoms. The first-order valence-corrected chi connectivity index (χ1v) is 14.8. The quantitative estimate of drug-likeness (QED) is 0.117. The monoisotopic (exact) mass is 497 g/mol. The van der Waals surface area contributed by atoms with Crippen LogP contribution in [-0.4, -0.2) is 36.5 Å². The zero-order valence-electron chi connectivity index (χ0n) is 23.1. The van der Waals surface area contributed by atoms with Crippen molar-refractivity contribution in [3.05, 3.63) is 48.0 Å². The normalized spacial score (nSPS) is 15.3. The summed E-state index contributed by atoms with van der Waals surface area (Å²) in [7, 11) is 0. The molecule has 202 valence electrons. The van der Waals surface area contributed by atoms with Gasteiger partial charge in [-0.1, -0.05) is 101 Å². The number of hydrogen-bond donors (Lipinski definition) is 0. The number of benzene rings is 1. The summed E-state index contributed by atoms with van der Waals surface area (Å²) >= 11 is 0. The Morgan fingerprint density at radius 3 is 1.94 bits per heavy atom. The maximum absolute atomic E-state index is 12.9. The topological polar surface area (TPSA) is 46.6 Å². The number of unbranched alkanes of at least 4 members (excludes halogenated alkanes) is 11. The molecule has 36 heavy (non-hydrogen) atoms. The highest BCUT2D eigenvalue weighted by Gasteiger charge is 2.44. The van der Waals surface area contributed by atoms with Crippen LogP contribution < -0.4 is 0 Å². The molecule has 1 aromatic rings. The molecule has 0 aliphatic carbocycles. The molecular weight excluding hydrogens is 446 g/mol. The highest BCUT2D eigenvalue weighted by atomic mass is 16.5. The number of ether oxygens (including phenoxy) is 1. The highest BCUT2D eigenvalue weighted by Crippen LogP contribution is 2.37. The van der Waals surface area contributed by atoms with Crippen molar-refractivity contribution >= 4 is 11.9 Å². The van der Waals surface area contributed by atoms with Crippen molar-refractivity contribution in [2.24, 2.45) is 0 Å². The maximum Gasteiger partial charge on any atom is 0.316 e. The van der Waals surface area contributed by atoms with E-state index in [2.05, 4.69) is 19.1 Å². The second kappa shape index (κ2) is 18.2. The summed E-state index contributed by atoms with van der Waals surface area (Å²) in [5, 5.41) is 0. The molecule has 2 rings (SSSR count). The standard InChI is InChI=1S/C32H51NO3/c1-3-5-6-7-8-9-10-11-12-13-14-15-16-17-21-24-30(34)33-27-25-32(26-28-33,31(35)36-4-2)29-22-19-18-20-23-29/h11-12,18-20,22-23H,3-10,13-17,21,24-28H2,1-2H3. The molecule has 4 nitrogen and oxygen atoms in total. The van der Waals surface area contributed by atoms with Crippen molar-refractivity contribution in [1.82, 2.24) is 4.90 Å². The van der Waals surface area contributed by atoms with Gasteiger partial charge in [0.25, 0.3) is 0 Å². The third-order valence-electron chi connectivity index (χ3n) is 7.61. The molecule has 0 spiro atoms. The molecule has 1 aliphatic rings. The summed E-state index contributed by atoms with van der Waals surface area (Å²) in [5.41, 5.74) is 0.379. The van der Waals surface area contributed by atoms with E-state index in [0.717, 1.165) is 18.4 Å².